The van der Waals surface area contributed by atoms with Crippen molar-refractivity contribution in [1.29, 1.82) is 0 Å². The van der Waals surface area contributed by atoms with Crippen LogP contribution in [0.4, 0.5) is 4.79 Å². The first-order valence-electron chi connectivity index (χ1n) is 6.46. The fraction of sp³-hybridized carbons (Fsp3) is 0.692. The van der Waals surface area contributed by atoms with E-state index >= 15 is 0 Å². The van der Waals surface area contributed by atoms with Crippen LogP contribution < -0.4 is 0 Å². The Bertz CT molecular complexity index is 346. The number of carbonyl (C=O) groups is 2. The summed E-state index contributed by atoms with van der Waals surface area (Å²) >= 11 is 0. The third-order valence-electron chi connectivity index (χ3n) is 3.21. The van der Waals surface area contributed by atoms with E-state index in [2.05, 4.69) is 6.58 Å². The molecule has 0 aromatic heterocycles. The van der Waals surface area contributed by atoms with Crippen molar-refractivity contribution in [1.82, 2.24) is 9.80 Å². The smallest absolute Gasteiger partial charge is 0.320 e. The van der Waals surface area contributed by atoms with Crippen LogP contribution in [0.2, 0.25) is 0 Å². The van der Waals surface area contributed by atoms with Crippen molar-refractivity contribution in [2.24, 2.45) is 5.92 Å². The van der Waals surface area contributed by atoms with Crippen molar-refractivity contribution < 1.29 is 19.4 Å². The molecule has 1 fully saturated rings. The van der Waals surface area contributed by atoms with Crippen molar-refractivity contribution in [2.75, 3.05) is 33.4 Å². The van der Waals surface area contributed by atoms with Gasteiger partial charge in [-0.25, -0.2) is 4.79 Å². The molecule has 2 atom stereocenters. The van der Waals surface area contributed by atoms with Crippen LogP contribution in [0.25, 0.3) is 0 Å². The molecule has 0 aliphatic carbocycles. The van der Waals surface area contributed by atoms with Crippen molar-refractivity contribution in [2.45, 2.75) is 19.4 Å². The van der Waals surface area contributed by atoms with Crippen LogP contribution in [0.5, 0.6) is 0 Å². The quantitative estimate of drug-likeness (QED) is 0.732. The van der Waals surface area contributed by atoms with Crippen LogP contribution in [-0.4, -0.2) is 66.3 Å². The molecule has 0 spiro atoms. The summed E-state index contributed by atoms with van der Waals surface area (Å²) < 4.78 is 5.23. The molecule has 1 aliphatic rings. The maximum absolute atomic E-state index is 12.3. The zero-order valence-corrected chi connectivity index (χ0v) is 11.5. The van der Waals surface area contributed by atoms with Gasteiger partial charge in [0.1, 0.15) is 5.92 Å². The Balaban J connectivity index is 2.83. The Hall–Kier alpha value is -1.56. The molecule has 6 nitrogen and oxygen atoms in total. The maximum atomic E-state index is 12.3. The molecule has 1 N–H and O–H groups in total. The Labute approximate surface area is 113 Å². The Morgan fingerprint density at radius 1 is 1.47 bits per heavy atom. The second kappa shape index (κ2) is 7.13. The van der Waals surface area contributed by atoms with Crippen molar-refractivity contribution in [3.8, 4) is 0 Å². The number of ether oxygens (including phenoxy) is 1. The second-order valence-corrected chi connectivity index (χ2v) is 4.69. The molecule has 1 heterocycles. The minimum absolute atomic E-state index is 0.165. The van der Waals surface area contributed by atoms with Gasteiger partial charge in [-0.15, -0.1) is 6.58 Å². The van der Waals surface area contributed by atoms with Gasteiger partial charge in [0.05, 0.1) is 19.3 Å². The molecule has 0 radical (unpaired) electrons. The number of carbonyl (C=O) groups excluding carboxylic acids is 1. The van der Waals surface area contributed by atoms with Gasteiger partial charge in [0.15, 0.2) is 0 Å². The summed E-state index contributed by atoms with van der Waals surface area (Å²) in [6.07, 6.45) is 2.42. The molecule has 1 rings (SSSR count). The topological polar surface area (TPSA) is 70.1 Å². The standard InChI is InChI=1S/C13H22N2O4/c1-4-6-14(3)13(18)15(7-5-2)11-9-19-8-10(11)12(16)17/h4,10-11H,1,5-9H2,2-3H3,(H,16,17). The van der Waals surface area contributed by atoms with Gasteiger partial charge >= 0.3 is 12.0 Å². The number of carboxylic acids is 1. The van der Waals surface area contributed by atoms with Crippen LogP contribution in [-0.2, 0) is 9.53 Å². The average Bonchev–Trinajstić information content (AvgIpc) is 2.84. The Morgan fingerprint density at radius 2 is 2.16 bits per heavy atom. The lowest BCUT2D eigenvalue weighted by atomic mass is 10.0. The highest BCUT2D eigenvalue weighted by Crippen LogP contribution is 2.21. The molecule has 1 saturated heterocycles. The summed E-state index contributed by atoms with van der Waals surface area (Å²) in [5, 5.41) is 9.18. The van der Waals surface area contributed by atoms with E-state index in [1.165, 1.54) is 4.90 Å². The van der Waals surface area contributed by atoms with Crippen molar-refractivity contribution in [3.63, 3.8) is 0 Å². The Kier molecular flexibility index (Phi) is 5.82. The normalized spacial score (nSPS) is 22.0. The molecule has 6 heteroatoms. The van der Waals surface area contributed by atoms with Gasteiger partial charge in [0, 0.05) is 20.1 Å². The van der Waals surface area contributed by atoms with Gasteiger partial charge in [-0.2, -0.15) is 0 Å². The molecule has 2 unspecified atom stereocenters. The number of amides is 2. The Morgan fingerprint density at radius 3 is 2.68 bits per heavy atom. The summed E-state index contributed by atoms with van der Waals surface area (Å²) in [4.78, 5) is 26.7. The SMILES string of the molecule is C=CCN(C)C(=O)N(CCC)C1COCC1C(=O)O. The van der Waals surface area contributed by atoms with Crippen molar-refractivity contribution >= 4 is 12.0 Å². The lowest BCUT2D eigenvalue weighted by Gasteiger charge is -2.33. The summed E-state index contributed by atoms with van der Waals surface area (Å²) in [5.41, 5.74) is 0. The zero-order chi connectivity index (χ0) is 14.4. The van der Waals surface area contributed by atoms with Crippen LogP contribution in [0, 0.1) is 5.92 Å². The molecule has 1 aliphatic heterocycles. The van der Waals surface area contributed by atoms with Crippen LogP contribution >= 0.6 is 0 Å². The minimum Gasteiger partial charge on any atom is -0.481 e. The predicted molar refractivity (Wildman–Crippen MR) is 71.0 cm³/mol. The molecule has 0 bridgehead atoms. The number of rotatable bonds is 6. The lowest BCUT2D eigenvalue weighted by Crippen LogP contribution is -2.51. The molecular formula is C13H22N2O4. The molecule has 108 valence electrons. The van der Waals surface area contributed by atoms with Crippen molar-refractivity contribution in [3.05, 3.63) is 12.7 Å². The molecule has 2 amide bonds. The van der Waals surface area contributed by atoms with E-state index in [0.29, 0.717) is 13.1 Å². The molecule has 19 heavy (non-hydrogen) atoms. The van der Waals surface area contributed by atoms with E-state index in [9.17, 15) is 14.7 Å². The monoisotopic (exact) mass is 270 g/mol. The number of carboxylic acid groups (broad SMARTS) is 1. The highest BCUT2D eigenvalue weighted by Gasteiger charge is 2.40. The van der Waals surface area contributed by atoms with Crippen LogP contribution in [0.1, 0.15) is 13.3 Å². The third-order valence-corrected chi connectivity index (χ3v) is 3.21. The number of nitrogens with zero attached hydrogens (tertiary/aromatic N) is 2. The van der Waals surface area contributed by atoms with Gasteiger partial charge in [0.2, 0.25) is 0 Å². The summed E-state index contributed by atoms with van der Waals surface area (Å²) in [6.45, 7) is 6.96. The van der Waals surface area contributed by atoms with E-state index in [-0.39, 0.29) is 19.2 Å². The van der Waals surface area contributed by atoms with Gasteiger partial charge in [-0.05, 0) is 6.42 Å². The number of likely N-dealkylation sites (N-methyl/N-ethyl adjacent to an activating group) is 1. The van der Waals surface area contributed by atoms with Gasteiger partial charge in [-0.3, -0.25) is 4.79 Å². The zero-order valence-electron chi connectivity index (χ0n) is 11.5. The lowest BCUT2D eigenvalue weighted by molar-refractivity contribution is -0.142. The molecular weight excluding hydrogens is 248 g/mol. The van der Waals surface area contributed by atoms with Crippen LogP contribution in [0.3, 0.4) is 0 Å². The van der Waals surface area contributed by atoms with Gasteiger partial charge in [-0.1, -0.05) is 13.0 Å². The number of hydrogen-bond donors (Lipinski definition) is 1. The highest BCUT2D eigenvalue weighted by molar-refractivity contribution is 5.77. The van der Waals surface area contributed by atoms with Crippen LogP contribution in [0.15, 0.2) is 12.7 Å². The highest BCUT2D eigenvalue weighted by atomic mass is 16.5. The van der Waals surface area contributed by atoms with Gasteiger partial charge in [0.25, 0.3) is 0 Å². The van der Waals surface area contributed by atoms with E-state index in [1.54, 1.807) is 18.0 Å². The minimum atomic E-state index is -0.914. The third kappa shape index (κ3) is 3.70. The predicted octanol–water partition coefficient (Wildman–Crippen LogP) is 1.04. The fourth-order valence-electron chi connectivity index (χ4n) is 2.22. The van der Waals surface area contributed by atoms with E-state index < -0.39 is 17.9 Å². The fourth-order valence-corrected chi connectivity index (χ4v) is 2.22. The summed E-state index contributed by atoms with van der Waals surface area (Å²) in [6, 6.07) is -0.569. The van der Waals surface area contributed by atoms with E-state index in [1.807, 2.05) is 6.92 Å². The molecule has 0 saturated carbocycles. The maximum Gasteiger partial charge on any atom is 0.320 e. The first-order chi connectivity index (χ1) is 9.02. The molecule has 0 aromatic carbocycles. The summed E-state index contributed by atoms with van der Waals surface area (Å²) in [5.74, 6) is -1.56. The number of aliphatic carboxylic acids is 1. The van der Waals surface area contributed by atoms with Gasteiger partial charge < -0.3 is 19.6 Å². The number of urea groups is 1. The van der Waals surface area contributed by atoms with E-state index in [0.717, 1.165) is 6.42 Å². The average molecular weight is 270 g/mol. The van der Waals surface area contributed by atoms with E-state index in [4.69, 9.17) is 4.74 Å². The molecule has 0 aromatic rings. The first kappa shape index (κ1) is 15.5. The summed E-state index contributed by atoms with van der Waals surface area (Å²) in [7, 11) is 1.68. The largest absolute Gasteiger partial charge is 0.481 e. The second-order valence-electron chi connectivity index (χ2n) is 4.69. The number of hydrogen-bond acceptors (Lipinski definition) is 3. The first-order valence-corrected chi connectivity index (χ1v) is 6.46.